The van der Waals surface area contributed by atoms with Gasteiger partial charge in [-0.25, -0.2) is 5.90 Å². The maximum atomic E-state index is 11.4. The smallest absolute Gasteiger partial charge is 0.241 e. The van der Waals surface area contributed by atoms with Crippen molar-refractivity contribution in [2.45, 2.75) is 19.4 Å². The van der Waals surface area contributed by atoms with Crippen molar-refractivity contribution in [3.63, 3.8) is 0 Å². The van der Waals surface area contributed by atoms with Crippen molar-refractivity contribution in [2.75, 3.05) is 0 Å². The predicted octanol–water partition coefficient (Wildman–Crippen LogP) is -0.119. The maximum Gasteiger partial charge on any atom is 0.241 e. The zero-order chi connectivity index (χ0) is 13.5. The summed E-state index contributed by atoms with van der Waals surface area (Å²) in [5.74, 6) is 4.41. The molecule has 18 heavy (non-hydrogen) atoms. The van der Waals surface area contributed by atoms with E-state index in [0.29, 0.717) is 5.56 Å². The Labute approximate surface area is 104 Å². The van der Waals surface area contributed by atoms with Crippen molar-refractivity contribution >= 4 is 11.8 Å². The average molecular weight is 253 g/mol. The highest BCUT2D eigenvalue weighted by molar-refractivity contribution is 5.81. The van der Waals surface area contributed by atoms with E-state index in [-0.39, 0.29) is 18.1 Å². The Morgan fingerprint density at radius 1 is 1.33 bits per heavy atom. The van der Waals surface area contributed by atoms with E-state index in [1.807, 2.05) is 0 Å². The molecular weight excluding hydrogens is 238 g/mol. The van der Waals surface area contributed by atoms with Crippen LogP contribution in [0.4, 0.5) is 0 Å². The highest BCUT2D eigenvalue weighted by Gasteiger charge is 2.16. The first-order valence-corrected chi connectivity index (χ1v) is 5.23. The molecule has 0 saturated heterocycles. The van der Waals surface area contributed by atoms with E-state index in [2.05, 4.69) is 10.9 Å². The minimum Gasteiger partial charge on any atom is -0.508 e. The van der Waals surface area contributed by atoms with Crippen molar-refractivity contribution in [1.29, 1.82) is 0 Å². The summed E-state index contributed by atoms with van der Waals surface area (Å²) in [5.41, 5.74) is 5.01. The maximum absolute atomic E-state index is 11.4. The number of phenolic OH excluding ortho intramolecular Hbond substituents is 1. The Kier molecular flexibility index (Phi) is 5.09. The first-order valence-electron chi connectivity index (χ1n) is 5.23. The first-order chi connectivity index (χ1) is 8.52. The van der Waals surface area contributed by atoms with Crippen LogP contribution in [0.15, 0.2) is 24.3 Å². The van der Waals surface area contributed by atoms with Crippen LogP contribution in [-0.4, -0.2) is 16.9 Å². The predicted molar refractivity (Wildman–Crippen MR) is 62.7 cm³/mol. The second kappa shape index (κ2) is 6.58. The highest BCUT2D eigenvalue weighted by Crippen LogP contribution is 2.21. The Morgan fingerprint density at radius 2 is 1.94 bits per heavy atom. The molecule has 0 fully saturated rings. The summed E-state index contributed by atoms with van der Waals surface area (Å²) in [4.78, 5) is 26.7. The molecule has 0 bridgehead atoms. The fourth-order valence-corrected chi connectivity index (χ4v) is 1.31. The van der Waals surface area contributed by atoms with E-state index >= 15 is 0 Å². The number of hydrogen-bond donors (Lipinski definition) is 4. The summed E-state index contributed by atoms with van der Waals surface area (Å²) in [6, 6.07) is 6.12. The summed E-state index contributed by atoms with van der Waals surface area (Å²) in [5, 5.41) is 9.14. The normalized spacial score (nSPS) is 11.7. The van der Waals surface area contributed by atoms with Crippen LogP contribution < -0.4 is 16.7 Å². The summed E-state index contributed by atoms with van der Waals surface area (Å²) in [7, 11) is 0. The number of carbonyl (C=O) groups excluding carboxylic acids is 2. The number of nitrogens with two attached hydrogens (primary N) is 1. The van der Waals surface area contributed by atoms with E-state index in [1.165, 1.54) is 19.1 Å². The molecule has 2 amide bonds. The molecule has 1 unspecified atom stereocenters. The summed E-state index contributed by atoms with van der Waals surface area (Å²) in [6.45, 7) is 1.27. The molecule has 0 aliphatic rings. The Morgan fingerprint density at radius 3 is 2.44 bits per heavy atom. The zero-order valence-corrected chi connectivity index (χ0v) is 9.84. The van der Waals surface area contributed by atoms with Gasteiger partial charge in [0.05, 0.1) is 6.42 Å². The van der Waals surface area contributed by atoms with Gasteiger partial charge in [0.2, 0.25) is 11.8 Å². The van der Waals surface area contributed by atoms with Crippen molar-refractivity contribution in [2.24, 2.45) is 5.90 Å². The molecule has 0 heterocycles. The Bertz CT molecular complexity index is 419. The van der Waals surface area contributed by atoms with E-state index in [0.717, 1.165) is 0 Å². The van der Waals surface area contributed by atoms with Crippen LogP contribution >= 0.6 is 0 Å². The standard InChI is InChI=1S/C11H15N3O4/c1-7(15)13-14-11(17)6-10(18-12)8-2-4-9(16)5-3-8/h2-5,10,16H,6,12H2,1H3,(H,13,15)(H,14,17). The van der Waals surface area contributed by atoms with Gasteiger partial charge in [0.15, 0.2) is 0 Å². The number of aromatic hydroxyl groups is 1. The molecule has 0 aromatic heterocycles. The molecular formula is C11H15N3O4. The number of hydrogen-bond acceptors (Lipinski definition) is 5. The number of benzene rings is 1. The number of nitrogens with one attached hydrogen (secondary N) is 2. The van der Waals surface area contributed by atoms with Crippen LogP contribution in [0.3, 0.4) is 0 Å². The number of hydrazine groups is 1. The van der Waals surface area contributed by atoms with Gasteiger partial charge in [0.1, 0.15) is 11.9 Å². The van der Waals surface area contributed by atoms with E-state index in [4.69, 9.17) is 15.8 Å². The topological polar surface area (TPSA) is 114 Å². The van der Waals surface area contributed by atoms with Crippen molar-refractivity contribution < 1.29 is 19.5 Å². The van der Waals surface area contributed by atoms with E-state index in [9.17, 15) is 9.59 Å². The Balaban J connectivity index is 2.59. The van der Waals surface area contributed by atoms with Gasteiger partial charge in [0.25, 0.3) is 0 Å². The molecule has 1 atom stereocenters. The fraction of sp³-hybridized carbons (Fsp3) is 0.273. The quantitative estimate of drug-likeness (QED) is 0.559. The molecule has 7 nitrogen and oxygen atoms in total. The number of phenols is 1. The summed E-state index contributed by atoms with van der Waals surface area (Å²) >= 11 is 0. The molecule has 0 aliphatic carbocycles. The second-order valence-corrected chi connectivity index (χ2v) is 3.65. The largest absolute Gasteiger partial charge is 0.508 e. The highest BCUT2D eigenvalue weighted by atomic mass is 16.6. The lowest BCUT2D eigenvalue weighted by Crippen LogP contribution is -2.41. The molecule has 7 heteroatoms. The minimum atomic E-state index is -0.653. The zero-order valence-electron chi connectivity index (χ0n) is 9.84. The number of carbonyl (C=O) groups is 2. The van der Waals surface area contributed by atoms with Gasteiger partial charge in [-0.3, -0.25) is 25.3 Å². The van der Waals surface area contributed by atoms with Crippen LogP contribution in [0.1, 0.15) is 25.0 Å². The van der Waals surface area contributed by atoms with Crippen LogP contribution in [0.2, 0.25) is 0 Å². The minimum absolute atomic E-state index is 0.0540. The van der Waals surface area contributed by atoms with Crippen LogP contribution in [0, 0.1) is 0 Å². The molecule has 1 aromatic carbocycles. The monoisotopic (exact) mass is 253 g/mol. The van der Waals surface area contributed by atoms with Crippen molar-refractivity contribution in [1.82, 2.24) is 10.9 Å². The van der Waals surface area contributed by atoms with Gasteiger partial charge in [0, 0.05) is 6.92 Å². The average Bonchev–Trinajstić information content (AvgIpc) is 2.34. The third-order valence-electron chi connectivity index (χ3n) is 2.18. The van der Waals surface area contributed by atoms with E-state index in [1.54, 1.807) is 12.1 Å². The van der Waals surface area contributed by atoms with Crippen molar-refractivity contribution in [3.8, 4) is 5.75 Å². The second-order valence-electron chi connectivity index (χ2n) is 3.65. The molecule has 5 N–H and O–H groups in total. The van der Waals surface area contributed by atoms with Crippen LogP contribution in [0.5, 0.6) is 5.75 Å². The van der Waals surface area contributed by atoms with Crippen LogP contribution in [-0.2, 0) is 14.4 Å². The molecule has 0 radical (unpaired) electrons. The third-order valence-corrected chi connectivity index (χ3v) is 2.18. The van der Waals surface area contributed by atoms with E-state index < -0.39 is 12.0 Å². The third kappa shape index (κ3) is 4.40. The SMILES string of the molecule is CC(=O)NNC(=O)CC(ON)c1ccc(O)cc1. The van der Waals surface area contributed by atoms with Gasteiger partial charge in [-0.1, -0.05) is 12.1 Å². The molecule has 1 aromatic rings. The van der Waals surface area contributed by atoms with Gasteiger partial charge in [-0.2, -0.15) is 0 Å². The lowest BCUT2D eigenvalue weighted by atomic mass is 10.1. The molecule has 1 rings (SSSR count). The molecule has 0 aliphatic heterocycles. The molecule has 0 spiro atoms. The first kappa shape index (κ1) is 13.9. The number of amides is 2. The van der Waals surface area contributed by atoms with Gasteiger partial charge < -0.3 is 5.11 Å². The Hall–Kier alpha value is -2.12. The summed E-state index contributed by atoms with van der Waals surface area (Å²) in [6.07, 6.45) is -0.707. The van der Waals surface area contributed by atoms with Gasteiger partial charge >= 0.3 is 0 Å². The van der Waals surface area contributed by atoms with Crippen molar-refractivity contribution in [3.05, 3.63) is 29.8 Å². The fourth-order valence-electron chi connectivity index (χ4n) is 1.31. The number of rotatable bonds is 4. The lowest BCUT2D eigenvalue weighted by molar-refractivity contribution is -0.129. The van der Waals surface area contributed by atoms with Gasteiger partial charge in [-0.05, 0) is 17.7 Å². The summed E-state index contributed by atoms with van der Waals surface area (Å²) < 4.78 is 0. The molecule has 98 valence electrons. The molecule has 0 saturated carbocycles. The van der Waals surface area contributed by atoms with Crippen LogP contribution in [0.25, 0.3) is 0 Å². The van der Waals surface area contributed by atoms with Gasteiger partial charge in [-0.15, -0.1) is 0 Å². The lowest BCUT2D eigenvalue weighted by Gasteiger charge is -2.14.